The third-order valence-corrected chi connectivity index (χ3v) is 4.14. The number of aliphatic hydroxyl groups is 1. The molecule has 0 aliphatic rings. The first-order valence-electron chi connectivity index (χ1n) is 8.50. The van der Waals surface area contributed by atoms with Crippen molar-refractivity contribution in [2.45, 2.75) is 70.3 Å². The molecule has 0 bridgehead atoms. The summed E-state index contributed by atoms with van der Waals surface area (Å²) < 4.78 is 5.23. The number of methoxy groups -OCH3 is 1. The Morgan fingerprint density at radius 3 is 2.05 bits per heavy atom. The highest BCUT2D eigenvalue weighted by molar-refractivity contribution is 5.22. The van der Waals surface area contributed by atoms with E-state index in [1.807, 2.05) is 30.3 Å². The number of rotatable bonds is 12. The molecule has 0 amide bonds. The smallest absolute Gasteiger partial charge is 0.113 e. The Labute approximate surface area is 130 Å². The highest BCUT2D eigenvalue weighted by atomic mass is 16.5. The van der Waals surface area contributed by atoms with Gasteiger partial charge in [0, 0.05) is 7.11 Å². The van der Waals surface area contributed by atoms with Gasteiger partial charge in [0.25, 0.3) is 0 Å². The van der Waals surface area contributed by atoms with Crippen molar-refractivity contribution < 1.29 is 9.84 Å². The Hall–Kier alpha value is -0.860. The molecule has 0 aromatic heterocycles. The molecule has 1 aromatic carbocycles. The van der Waals surface area contributed by atoms with Gasteiger partial charge >= 0.3 is 0 Å². The molecule has 120 valence electrons. The zero-order valence-corrected chi connectivity index (χ0v) is 13.8. The van der Waals surface area contributed by atoms with E-state index in [1.165, 1.54) is 44.9 Å². The number of unbranched alkanes of at least 4 members (excludes halogenated alkanes) is 7. The van der Waals surface area contributed by atoms with E-state index in [-0.39, 0.29) is 0 Å². The number of ether oxygens (including phenoxy) is 1. The molecule has 1 rings (SSSR count). The van der Waals surface area contributed by atoms with Gasteiger partial charge in [-0.15, -0.1) is 0 Å². The average Bonchev–Trinajstić information content (AvgIpc) is 2.51. The highest BCUT2D eigenvalue weighted by Crippen LogP contribution is 2.28. The molecule has 0 fully saturated rings. The Morgan fingerprint density at radius 1 is 0.905 bits per heavy atom. The van der Waals surface area contributed by atoms with Gasteiger partial charge in [0.2, 0.25) is 0 Å². The molecule has 0 spiro atoms. The van der Waals surface area contributed by atoms with Crippen LogP contribution in [0.15, 0.2) is 30.3 Å². The van der Waals surface area contributed by atoms with E-state index >= 15 is 0 Å². The van der Waals surface area contributed by atoms with Crippen molar-refractivity contribution >= 4 is 0 Å². The third kappa shape index (κ3) is 7.10. The molecular formula is C19H32O2. The Kier molecular flexibility index (Phi) is 9.36. The van der Waals surface area contributed by atoms with E-state index in [9.17, 15) is 5.11 Å². The first kappa shape index (κ1) is 18.2. The van der Waals surface area contributed by atoms with Gasteiger partial charge in [0.05, 0.1) is 6.61 Å². The van der Waals surface area contributed by atoms with Crippen LogP contribution in [0.3, 0.4) is 0 Å². The minimum atomic E-state index is -0.835. The van der Waals surface area contributed by atoms with Crippen molar-refractivity contribution in [1.82, 2.24) is 0 Å². The van der Waals surface area contributed by atoms with E-state index in [0.717, 1.165) is 18.4 Å². The van der Waals surface area contributed by atoms with Crippen molar-refractivity contribution in [3.8, 4) is 0 Å². The van der Waals surface area contributed by atoms with Gasteiger partial charge in [0.1, 0.15) is 5.60 Å². The maximum Gasteiger partial charge on any atom is 0.113 e. The molecule has 0 saturated heterocycles. The predicted molar refractivity (Wildman–Crippen MR) is 89.4 cm³/mol. The molecule has 1 N–H and O–H groups in total. The number of hydrogen-bond donors (Lipinski definition) is 1. The van der Waals surface area contributed by atoms with E-state index in [2.05, 4.69) is 6.92 Å². The molecule has 2 nitrogen and oxygen atoms in total. The van der Waals surface area contributed by atoms with Crippen LogP contribution >= 0.6 is 0 Å². The van der Waals surface area contributed by atoms with Gasteiger partial charge in [-0.3, -0.25) is 0 Å². The van der Waals surface area contributed by atoms with Gasteiger partial charge in [-0.1, -0.05) is 88.6 Å². The van der Waals surface area contributed by atoms with Crippen LogP contribution in [0.4, 0.5) is 0 Å². The molecule has 0 aliphatic heterocycles. The second-order valence-corrected chi connectivity index (χ2v) is 6.06. The first-order valence-corrected chi connectivity index (χ1v) is 8.50. The summed E-state index contributed by atoms with van der Waals surface area (Å²) in [7, 11) is 1.65. The number of hydrogen-bond acceptors (Lipinski definition) is 2. The quantitative estimate of drug-likeness (QED) is 0.546. The van der Waals surface area contributed by atoms with Crippen LogP contribution in [0.2, 0.25) is 0 Å². The third-order valence-electron chi connectivity index (χ3n) is 4.14. The van der Waals surface area contributed by atoms with Crippen LogP contribution in [0, 0.1) is 0 Å². The summed E-state index contributed by atoms with van der Waals surface area (Å²) in [6.07, 6.45) is 11.0. The average molecular weight is 292 g/mol. The normalized spacial score (nSPS) is 14.0. The summed E-state index contributed by atoms with van der Waals surface area (Å²) in [5.41, 5.74) is 0.132. The van der Waals surface area contributed by atoms with Crippen molar-refractivity contribution in [2.24, 2.45) is 0 Å². The second-order valence-electron chi connectivity index (χ2n) is 6.06. The van der Waals surface area contributed by atoms with Crippen LogP contribution < -0.4 is 0 Å². The summed E-state index contributed by atoms with van der Waals surface area (Å²) >= 11 is 0. The molecule has 2 heteroatoms. The molecular weight excluding hydrogens is 260 g/mol. The first-order chi connectivity index (χ1) is 10.2. The zero-order valence-electron chi connectivity index (χ0n) is 13.8. The summed E-state index contributed by atoms with van der Waals surface area (Å²) in [5, 5.41) is 10.8. The van der Waals surface area contributed by atoms with E-state index < -0.39 is 5.60 Å². The lowest BCUT2D eigenvalue weighted by Gasteiger charge is -2.28. The minimum absolute atomic E-state index is 0.369. The minimum Gasteiger partial charge on any atom is -0.383 e. The van der Waals surface area contributed by atoms with Gasteiger partial charge in [-0.25, -0.2) is 0 Å². The lowest BCUT2D eigenvalue weighted by atomic mass is 9.89. The Balaban J connectivity index is 2.29. The Bertz CT molecular complexity index is 350. The molecule has 0 aliphatic carbocycles. The summed E-state index contributed by atoms with van der Waals surface area (Å²) in [6, 6.07) is 9.91. The monoisotopic (exact) mass is 292 g/mol. The van der Waals surface area contributed by atoms with Crippen LogP contribution in [0.1, 0.15) is 70.3 Å². The largest absolute Gasteiger partial charge is 0.383 e. The van der Waals surface area contributed by atoms with Crippen LogP contribution in [-0.4, -0.2) is 18.8 Å². The van der Waals surface area contributed by atoms with Crippen molar-refractivity contribution in [1.29, 1.82) is 0 Å². The summed E-state index contributed by atoms with van der Waals surface area (Å²) in [4.78, 5) is 0. The Morgan fingerprint density at radius 2 is 1.48 bits per heavy atom. The summed E-state index contributed by atoms with van der Waals surface area (Å²) in [6.45, 7) is 2.62. The van der Waals surface area contributed by atoms with Crippen LogP contribution in [-0.2, 0) is 10.3 Å². The topological polar surface area (TPSA) is 29.5 Å². The van der Waals surface area contributed by atoms with Crippen molar-refractivity contribution in [3.05, 3.63) is 35.9 Å². The molecule has 1 atom stereocenters. The van der Waals surface area contributed by atoms with Crippen LogP contribution in [0.5, 0.6) is 0 Å². The maximum absolute atomic E-state index is 10.8. The number of benzene rings is 1. The van der Waals surface area contributed by atoms with Gasteiger partial charge in [0.15, 0.2) is 0 Å². The molecule has 0 radical (unpaired) electrons. The standard InChI is InChI=1S/C19H32O2/c1-3-4-5-6-7-8-9-13-16-19(20,17-21-2)18-14-11-10-12-15-18/h10-12,14-15,20H,3-9,13,16-17H2,1-2H3. The van der Waals surface area contributed by atoms with Crippen molar-refractivity contribution in [3.63, 3.8) is 0 Å². The fourth-order valence-electron chi connectivity index (χ4n) is 2.84. The molecule has 1 unspecified atom stereocenters. The van der Waals surface area contributed by atoms with E-state index in [1.54, 1.807) is 7.11 Å². The molecule has 0 saturated carbocycles. The van der Waals surface area contributed by atoms with Gasteiger partial charge in [-0.05, 0) is 12.0 Å². The van der Waals surface area contributed by atoms with Crippen molar-refractivity contribution in [2.75, 3.05) is 13.7 Å². The predicted octanol–water partition coefficient (Wildman–Crippen LogP) is 5.05. The SMILES string of the molecule is CCCCCCCCCCC(O)(COC)c1ccccc1. The molecule has 0 heterocycles. The van der Waals surface area contributed by atoms with E-state index in [4.69, 9.17) is 4.74 Å². The maximum atomic E-state index is 10.8. The zero-order chi connectivity index (χ0) is 15.4. The molecule has 21 heavy (non-hydrogen) atoms. The van der Waals surface area contributed by atoms with E-state index in [0.29, 0.717) is 6.61 Å². The lowest BCUT2D eigenvalue weighted by molar-refractivity contribution is -0.0437. The summed E-state index contributed by atoms with van der Waals surface area (Å²) in [5.74, 6) is 0. The fourth-order valence-corrected chi connectivity index (χ4v) is 2.84. The van der Waals surface area contributed by atoms with Gasteiger partial charge < -0.3 is 9.84 Å². The fraction of sp³-hybridized carbons (Fsp3) is 0.684. The highest BCUT2D eigenvalue weighted by Gasteiger charge is 2.28. The lowest BCUT2D eigenvalue weighted by Crippen LogP contribution is -2.31. The van der Waals surface area contributed by atoms with Gasteiger partial charge in [-0.2, -0.15) is 0 Å². The second kappa shape index (κ2) is 10.8. The van der Waals surface area contributed by atoms with Crippen LogP contribution in [0.25, 0.3) is 0 Å². The molecule has 1 aromatic rings.